The van der Waals surface area contributed by atoms with Crippen LogP contribution in [0.25, 0.3) is 0 Å². The van der Waals surface area contributed by atoms with Crippen LogP contribution in [-0.4, -0.2) is 35.1 Å². The molecule has 0 spiro atoms. The highest BCUT2D eigenvalue weighted by Crippen LogP contribution is 2.37. The maximum absolute atomic E-state index is 4.79. The molecule has 1 aliphatic rings. The molecule has 0 radical (unpaired) electrons. The Balaban J connectivity index is 2.10. The monoisotopic (exact) mass is 309 g/mol. The Morgan fingerprint density at radius 2 is 1.90 bits per heavy atom. The predicted molar refractivity (Wildman–Crippen MR) is 93.5 cm³/mol. The molecule has 0 saturated carbocycles. The van der Waals surface area contributed by atoms with E-state index in [1.54, 1.807) is 0 Å². The summed E-state index contributed by atoms with van der Waals surface area (Å²) in [4.78, 5) is 9.02. The SMILES string of the molecule is CCCNc1nc2c(s1)C[C@@](C)(N(CCC)CCC)CC2. The van der Waals surface area contributed by atoms with Gasteiger partial charge in [0.05, 0.1) is 5.69 Å². The lowest BCUT2D eigenvalue weighted by Gasteiger charge is -2.43. The number of hydrogen-bond acceptors (Lipinski definition) is 4. The van der Waals surface area contributed by atoms with Crippen LogP contribution in [0.2, 0.25) is 0 Å². The van der Waals surface area contributed by atoms with Crippen molar-refractivity contribution in [2.75, 3.05) is 25.0 Å². The molecule has 0 saturated heterocycles. The zero-order valence-electron chi connectivity index (χ0n) is 14.2. The summed E-state index contributed by atoms with van der Waals surface area (Å²) in [6.45, 7) is 12.7. The van der Waals surface area contributed by atoms with Crippen LogP contribution in [0.5, 0.6) is 0 Å². The molecule has 1 atom stereocenters. The molecule has 2 rings (SSSR count). The van der Waals surface area contributed by atoms with Crippen molar-refractivity contribution in [3.8, 4) is 0 Å². The minimum Gasteiger partial charge on any atom is -0.362 e. The number of thiazole rings is 1. The highest BCUT2D eigenvalue weighted by atomic mass is 32.1. The third-order valence-electron chi connectivity index (χ3n) is 4.50. The van der Waals surface area contributed by atoms with Crippen LogP contribution >= 0.6 is 11.3 Å². The summed E-state index contributed by atoms with van der Waals surface area (Å²) in [5.41, 5.74) is 1.68. The van der Waals surface area contributed by atoms with Gasteiger partial charge < -0.3 is 5.32 Å². The van der Waals surface area contributed by atoms with Crippen LogP contribution in [0.3, 0.4) is 0 Å². The number of fused-ring (bicyclic) bond motifs is 1. The normalized spacial score (nSPS) is 21.6. The molecular formula is C17H31N3S. The molecule has 1 aromatic rings. The highest BCUT2D eigenvalue weighted by Gasteiger charge is 2.36. The lowest BCUT2D eigenvalue weighted by atomic mass is 9.83. The van der Waals surface area contributed by atoms with Crippen molar-refractivity contribution in [3.05, 3.63) is 10.6 Å². The van der Waals surface area contributed by atoms with Crippen LogP contribution in [-0.2, 0) is 12.8 Å². The molecule has 1 aliphatic carbocycles. The molecule has 120 valence electrons. The Labute approximate surface area is 134 Å². The van der Waals surface area contributed by atoms with E-state index < -0.39 is 0 Å². The standard InChI is InChI=1S/C17H31N3S/c1-5-10-18-16-19-14-8-9-17(4,13-15(14)21-16)20(11-6-2)12-7-3/h5-13H2,1-4H3,(H,18,19)/t17-/m0/s1. The van der Waals surface area contributed by atoms with Gasteiger partial charge in [-0.05, 0) is 52.1 Å². The molecule has 0 fully saturated rings. The van der Waals surface area contributed by atoms with E-state index in [0.717, 1.165) is 24.5 Å². The summed E-state index contributed by atoms with van der Waals surface area (Å²) in [6.07, 6.45) is 7.20. The Hall–Kier alpha value is -0.610. The Morgan fingerprint density at radius 3 is 2.52 bits per heavy atom. The summed E-state index contributed by atoms with van der Waals surface area (Å²) in [7, 11) is 0. The Bertz CT molecular complexity index is 437. The smallest absolute Gasteiger partial charge is 0.183 e. The summed E-state index contributed by atoms with van der Waals surface area (Å²) < 4.78 is 0. The molecule has 0 amide bonds. The molecule has 21 heavy (non-hydrogen) atoms. The fraction of sp³-hybridized carbons (Fsp3) is 0.824. The van der Waals surface area contributed by atoms with Gasteiger partial charge in [0, 0.05) is 23.4 Å². The van der Waals surface area contributed by atoms with Gasteiger partial charge in [0.25, 0.3) is 0 Å². The second-order valence-corrected chi connectivity index (χ2v) is 7.56. The highest BCUT2D eigenvalue weighted by molar-refractivity contribution is 7.15. The van der Waals surface area contributed by atoms with Gasteiger partial charge in [-0.1, -0.05) is 20.8 Å². The molecular weight excluding hydrogens is 278 g/mol. The zero-order valence-corrected chi connectivity index (χ0v) is 15.0. The topological polar surface area (TPSA) is 28.2 Å². The average Bonchev–Trinajstić information content (AvgIpc) is 2.86. The fourth-order valence-corrected chi connectivity index (χ4v) is 4.52. The van der Waals surface area contributed by atoms with E-state index in [0.29, 0.717) is 5.54 Å². The lowest BCUT2D eigenvalue weighted by Crippen LogP contribution is -2.50. The Kier molecular flexibility index (Phi) is 6.06. The van der Waals surface area contributed by atoms with Crippen molar-refractivity contribution in [1.82, 2.24) is 9.88 Å². The molecule has 3 nitrogen and oxygen atoms in total. The van der Waals surface area contributed by atoms with E-state index >= 15 is 0 Å². The Morgan fingerprint density at radius 1 is 1.19 bits per heavy atom. The first-order valence-corrected chi connectivity index (χ1v) is 9.42. The number of aryl methyl sites for hydroxylation is 1. The molecule has 1 aromatic heterocycles. The minimum atomic E-state index is 0.327. The predicted octanol–water partition coefficient (Wildman–Crippen LogP) is 4.33. The largest absolute Gasteiger partial charge is 0.362 e. The van der Waals surface area contributed by atoms with Crippen molar-refractivity contribution in [2.45, 2.75) is 71.8 Å². The number of rotatable bonds is 8. The van der Waals surface area contributed by atoms with E-state index in [1.165, 1.54) is 49.3 Å². The summed E-state index contributed by atoms with van der Waals surface area (Å²) >= 11 is 1.88. The molecule has 4 heteroatoms. The van der Waals surface area contributed by atoms with Gasteiger partial charge in [0.1, 0.15) is 0 Å². The van der Waals surface area contributed by atoms with Crippen LogP contribution in [0.15, 0.2) is 0 Å². The third kappa shape index (κ3) is 3.98. The third-order valence-corrected chi connectivity index (χ3v) is 5.55. The van der Waals surface area contributed by atoms with E-state index in [2.05, 4.69) is 37.9 Å². The van der Waals surface area contributed by atoms with Gasteiger partial charge >= 0.3 is 0 Å². The van der Waals surface area contributed by atoms with E-state index in [1.807, 2.05) is 11.3 Å². The minimum absolute atomic E-state index is 0.327. The number of anilines is 1. The first-order valence-electron chi connectivity index (χ1n) is 8.60. The quantitative estimate of drug-likeness (QED) is 0.774. The van der Waals surface area contributed by atoms with Crippen LogP contribution in [0, 0.1) is 0 Å². The molecule has 0 unspecified atom stereocenters. The van der Waals surface area contributed by atoms with Crippen LogP contribution in [0.1, 0.15) is 63.9 Å². The van der Waals surface area contributed by atoms with Gasteiger partial charge in [-0.25, -0.2) is 4.98 Å². The number of nitrogens with one attached hydrogen (secondary N) is 1. The number of aromatic nitrogens is 1. The van der Waals surface area contributed by atoms with E-state index in [9.17, 15) is 0 Å². The fourth-order valence-electron chi connectivity index (χ4n) is 3.31. The molecule has 1 N–H and O–H groups in total. The van der Waals surface area contributed by atoms with Gasteiger partial charge in [0.15, 0.2) is 5.13 Å². The van der Waals surface area contributed by atoms with Crippen LogP contribution < -0.4 is 5.32 Å². The van der Waals surface area contributed by atoms with E-state index in [-0.39, 0.29) is 0 Å². The van der Waals surface area contributed by atoms with Crippen molar-refractivity contribution >= 4 is 16.5 Å². The molecule has 0 aliphatic heterocycles. The van der Waals surface area contributed by atoms with Crippen molar-refractivity contribution < 1.29 is 0 Å². The summed E-state index contributed by atoms with van der Waals surface area (Å²) in [6, 6.07) is 0. The first kappa shape index (κ1) is 16.8. The zero-order chi connectivity index (χ0) is 15.3. The summed E-state index contributed by atoms with van der Waals surface area (Å²) in [5.74, 6) is 0. The van der Waals surface area contributed by atoms with Gasteiger partial charge in [-0.2, -0.15) is 0 Å². The van der Waals surface area contributed by atoms with Crippen molar-refractivity contribution in [3.63, 3.8) is 0 Å². The van der Waals surface area contributed by atoms with Crippen molar-refractivity contribution in [1.29, 1.82) is 0 Å². The molecule has 0 bridgehead atoms. The number of nitrogens with zero attached hydrogens (tertiary/aromatic N) is 2. The first-order chi connectivity index (χ1) is 10.1. The van der Waals surface area contributed by atoms with Crippen LogP contribution in [0.4, 0.5) is 5.13 Å². The van der Waals surface area contributed by atoms with Gasteiger partial charge in [0.2, 0.25) is 0 Å². The molecule has 0 aromatic carbocycles. The lowest BCUT2D eigenvalue weighted by molar-refractivity contribution is 0.0890. The maximum Gasteiger partial charge on any atom is 0.183 e. The van der Waals surface area contributed by atoms with Gasteiger partial charge in [-0.3, -0.25) is 4.90 Å². The number of hydrogen-bond donors (Lipinski definition) is 1. The van der Waals surface area contributed by atoms with Crippen molar-refractivity contribution in [2.24, 2.45) is 0 Å². The average molecular weight is 310 g/mol. The molecule has 1 heterocycles. The van der Waals surface area contributed by atoms with E-state index in [4.69, 9.17) is 4.98 Å². The maximum atomic E-state index is 4.79. The second-order valence-electron chi connectivity index (χ2n) is 6.48. The second kappa shape index (κ2) is 7.59. The summed E-state index contributed by atoms with van der Waals surface area (Å²) in [5, 5.41) is 4.58. The van der Waals surface area contributed by atoms with Gasteiger partial charge in [-0.15, -0.1) is 11.3 Å².